The zero-order chi connectivity index (χ0) is 14.0. The molecule has 0 saturated carbocycles. The van der Waals surface area contributed by atoms with Crippen LogP contribution in [0.2, 0.25) is 0 Å². The summed E-state index contributed by atoms with van der Waals surface area (Å²) < 4.78 is 5.25. The van der Waals surface area contributed by atoms with Crippen molar-refractivity contribution < 1.29 is 14.3 Å². The van der Waals surface area contributed by atoms with E-state index in [1.807, 2.05) is 13.0 Å². The van der Waals surface area contributed by atoms with E-state index < -0.39 is 5.91 Å². The summed E-state index contributed by atoms with van der Waals surface area (Å²) in [6, 6.07) is 6.74. The summed E-state index contributed by atoms with van der Waals surface area (Å²) in [6.45, 7) is 3.90. The molecule has 19 heavy (non-hydrogen) atoms. The molecule has 0 atom stereocenters. The van der Waals surface area contributed by atoms with E-state index in [9.17, 15) is 9.90 Å². The lowest BCUT2D eigenvalue weighted by Crippen LogP contribution is -2.11. The first-order valence-electron chi connectivity index (χ1n) is 5.91. The van der Waals surface area contributed by atoms with Crippen molar-refractivity contribution in [3.05, 3.63) is 46.9 Å². The molecule has 4 N–H and O–H groups in total. The monoisotopic (exact) mass is 260 g/mol. The van der Waals surface area contributed by atoms with Crippen LogP contribution in [0.25, 0.3) is 0 Å². The predicted molar refractivity (Wildman–Crippen MR) is 72.1 cm³/mol. The second kappa shape index (κ2) is 5.16. The lowest BCUT2D eigenvalue weighted by atomic mass is 10.1. The maximum absolute atomic E-state index is 12.0. The number of furan rings is 1. The van der Waals surface area contributed by atoms with Gasteiger partial charge in [-0.2, -0.15) is 0 Å². The van der Waals surface area contributed by atoms with Crippen LogP contribution < -0.4 is 11.1 Å². The lowest BCUT2D eigenvalue weighted by Gasteiger charge is -2.09. The highest BCUT2D eigenvalue weighted by molar-refractivity contribution is 6.03. The minimum atomic E-state index is -0.417. The minimum Gasteiger partial charge on any atom is -0.505 e. The minimum absolute atomic E-state index is 0.0598. The number of anilines is 1. The standard InChI is InChI=1S/C14H16N2O3/c1-8-5-9(2)13(17)11(6-8)16-14(18)12-4-3-10(7-15)19-12/h3-6,17H,7,15H2,1-2H3,(H,16,18). The van der Waals surface area contributed by atoms with Gasteiger partial charge in [0.25, 0.3) is 5.91 Å². The molecule has 0 bridgehead atoms. The molecule has 5 heteroatoms. The lowest BCUT2D eigenvalue weighted by molar-refractivity contribution is 0.0994. The molecule has 1 aromatic carbocycles. The van der Waals surface area contributed by atoms with Crippen LogP contribution in [0.5, 0.6) is 5.75 Å². The fourth-order valence-electron chi connectivity index (χ4n) is 1.85. The first-order chi connectivity index (χ1) is 9.01. The van der Waals surface area contributed by atoms with Crippen LogP contribution in [0.3, 0.4) is 0 Å². The maximum atomic E-state index is 12.0. The van der Waals surface area contributed by atoms with Gasteiger partial charge in [0.1, 0.15) is 11.5 Å². The first-order valence-corrected chi connectivity index (χ1v) is 5.91. The number of carbonyl (C=O) groups excluding carboxylic acids is 1. The van der Waals surface area contributed by atoms with Crippen LogP contribution in [0.1, 0.15) is 27.4 Å². The highest BCUT2D eigenvalue weighted by Gasteiger charge is 2.14. The van der Waals surface area contributed by atoms with Crippen LogP contribution in [-0.4, -0.2) is 11.0 Å². The van der Waals surface area contributed by atoms with E-state index in [1.165, 1.54) is 0 Å². The number of carbonyl (C=O) groups is 1. The number of aromatic hydroxyl groups is 1. The number of phenolic OH excluding ortho intramolecular Hbond substituents is 1. The van der Waals surface area contributed by atoms with E-state index in [-0.39, 0.29) is 18.1 Å². The van der Waals surface area contributed by atoms with Gasteiger partial charge >= 0.3 is 0 Å². The fourth-order valence-corrected chi connectivity index (χ4v) is 1.85. The van der Waals surface area contributed by atoms with E-state index in [0.717, 1.165) is 5.56 Å². The van der Waals surface area contributed by atoms with Crippen molar-refractivity contribution in [3.8, 4) is 5.75 Å². The number of rotatable bonds is 3. The molecular weight excluding hydrogens is 244 g/mol. The zero-order valence-electron chi connectivity index (χ0n) is 10.9. The molecule has 0 radical (unpaired) electrons. The number of amides is 1. The number of hydrogen-bond acceptors (Lipinski definition) is 4. The molecule has 1 amide bonds. The van der Waals surface area contributed by atoms with Crippen molar-refractivity contribution >= 4 is 11.6 Å². The average Bonchev–Trinajstić information content (AvgIpc) is 2.84. The normalized spacial score (nSPS) is 10.5. The summed E-state index contributed by atoms with van der Waals surface area (Å²) in [4.78, 5) is 12.0. The van der Waals surface area contributed by atoms with Crippen molar-refractivity contribution in [1.29, 1.82) is 0 Å². The molecule has 0 spiro atoms. The van der Waals surface area contributed by atoms with Crippen molar-refractivity contribution in [2.75, 3.05) is 5.32 Å². The molecule has 0 aliphatic heterocycles. The van der Waals surface area contributed by atoms with Gasteiger partial charge in [0, 0.05) is 0 Å². The van der Waals surface area contributed by atoms with E-state index in [4.69, 9.17) is 10.2 Å². The van der Waals surface area contributed by atoms with E-state index in [2.05, 4.69) is 5.32 Å². The fraction of sp³-hybridized carbons (Fsp3) is 0.214. The molecule has 0 aliphatic rings. The third-order valence-electron chi connectivity index (χ3n) is 2.78. The van der Waals surface area contributed by atoms with E-state index in [0.29, 0.717) is 17.0 Å². The Balaban J connectivity index is 2.23. The van der Waals surface area contributed by atoms with Gasteiger partial charge in [0.05, 0.1) is 12.2 Å². The van der Waals surface area contributed by atoms with Crippen LogP contribution in [0.15, 0.2) is 28.7 Å². The van der Waals surface area contributed by atoms with Gasteiger partial charge in [0.2, 0.25) is 0 Å². The van der Waals surface area contributed by atoms with Crippen LogP contribution in [0.4, 0.5) is 5.69 Å². The number of nitrogens with one attached hydrogen (secondary N) is 1. The first kappa shape index (κ1) is 13.2. The van der Waals surface area contributed by atoms with Gasteiger partial charge in [-0.3, -0.25) is 4.79 Å². The molecule has 0 unspecified atom stereocenters. The quantitative estimate of drug-likeness (QED) is 0.739. The summed E-state index contributed by atoms with van der Waals surface area (Å²) in [7, 11) is 0. The van der Waals surface area contributed by atoms with Crippen molar-refractivity contribution in [2.24, 2.45) is 5.73 Å². The third kappa shape index (κ3) is 2.77. The second-order valence-corrected chi connectivity index (χ2v) is 4.40. The molecule has 2 rings (SSSR count). The van der Waals surface area contributed by atoms with E-state index >= 15 is 0 Å². The Hall–Kier alpha value is -2.27. The zero-order valence-corrected chi connectivity index (χ0v) is 10.9. The molecule has 0 aliphatic carbocycles. The number of phenols is 1. The molecular formula is C14H16N2O3. The molecule has 2 aromatic rings. The number of hydrogen-bond donors (Lipinski definition) is 3. The average molecular weight is 260 g/mol. The van der Waals surface area contributed by atoms with Crippen molar-refractivity contribution in [2.45, 2.75) is 20.4 Å². The van der Waals surface area contributed by atoms with Crippen LogP contribution in [0, 0.1) is 13.8 Å². The summed E-state index contributed by atoms with van der Waals surface area (Å²) in [6.07, 6.45) is 0. The molecule has 0 fully saturated rings. The SMILES string of the molecule is Cc1cc(C)c(O)c(NC(=O)c2ccc(CN)o2)c1. The van der Waals surface area contributed by atoms with Gasteiger partial charge in [-0.25, -0.2) is 0 Å². The number of aryl methyl sites for hydroxylation is 2. The number of nitrogens with two attached hydrogens (primary N) is 1. The van der Waals surface area contributed by atoms with Crippen molar-refractivity contribution in [1.82, 2.24) is 0 Å². The Labute approximate surface area is 111 Å². The molecule has 0 saturated heterocycles. The smallest absolute Gasteiger partial charge is 0.291 e. The Morgan fingerprint density at radius 2 is 2.11 bits per heavy atom. The third-order valence-corrected chi connectivity index (χ3v) is 2.78. The Kier molecular flexibility index (Phi) is 3.57. The Bertz CT molecular complexity index is 617. The maximum Gasteiger partial charge on any atom is 0.291 e. The topological polar surface area (TPSA) is 88.5 Å². The summed E-state index contributed by atoms with van der Waals surface area (Å²) in [5.41, 5.74) is 7.44. The van der Waals surface area contributed by atoms with Gasteiger partial charge < -0.3 is 20.6 Å². The molecule has 1 aromatic heterocycles. The van der Waals surface area contributed by atoms with Crippen LogP contribution >= 0.6 is 0 Å². The van der Waals surface area contributed by atoms with Gasteiger partial charge in [0.15, 0.2) is 5.76 Å². The molecule has 100 valence electrons. The summed E-state index contributed by atoms with van der Waals surface area (Å²) >= 11 is 0. The highest BCUT2D eigenvalue weighted by atomic mass is 16.4. The highest BCUT2D eigenvalue weighted by Crippen LogP contribution is 2.29. The largest absolute Gasteiger partial charge is 0.505 e. The summed E-state index contributed by atoms with van der Waals surface area (Å²) in [5.74, 6) is 0.346. The van der Waals surface area contributed by atoms with E-state index in [1.54, 1.807) is 25.1 Å². The Morgan fingerprint density at radius 3 is 2.74 bits per heavy atom. The van der Waals surface area contributed by atoms with Gasteiger partial charge in [-0.05, 0) is 43.2 Å². The summed E-state index contributed by atoms with van der Waals surface area (Å²) in [5, 5.41) is 12.5. The molecule has 1 heterocycles. The van der Waals surface area contributed by atoms with Crippen LogP contribution in [-0.2, 0) is 6.54 Å². The van der Waals surface area contributed by atoms with Crippen molar-refractivity contribution in [3.63, 3.8) is 0 Å². The predicted octanol–water partition coefficient (Wildman–Crippen LogP) is 2.31. The number of benzene rings is 1. The van der Waals surface area contributed by atoms with Gasteiger partial charge in [-0.15, -0.1) is 0 Å². The molecule has 5 nitrogen and oxygen atoms in total. The van der Waals surface area contributed by atoms with Gasteiger partial charge in [-0.1, -0.05) is 6.07 Å². The second-order valence-electron chi connectivity index (χ2n) is 4.40. The Morgan fingerprint density at radius 1 is 1.37 bits per heavy atom.